The molecule has 0 bridgehead atoms. The molecular weight excluding hydrogens is 390 g/mol. The number of fused-ring (bicyclic) bond motifs is 5. The maximum absolute atomic E-state index is 5.75. The summed E-state index contributed by atoms with van der Waals surface area (Å²) in [5.74, 6) is 0. The summed E-state index contributed by atoms with van der Waals surface area (Å²) in [7, 11) is 3.96. The second-order valence-electron chi connectivity index (χ2n) is 10.4. The standard InChI is InChI=1S/C30H32NO/c1-19-10-11-23-24-9-7-8-21-12-13-31(5)29(27(21)24)28-22(18-32-6)15-20(17-30(2,3)4)16-26(28)25(23)14-19/h7-16H,17-18H2,1-6H3/q+1. The maximum Gasteiger partial charge on any atom is 0.221 e. The molecule has 4 aromatic rings. The highest BCUT2D eigenvalue weighted by Gasteiger charge is 2.30. The number of rotatable bonds is 3. The van der Waals surface area contributed by atoms with Gasteiger partial charge in [0.25, 0.3) is 0 Å². The van der Waals surface area contributed by atoms with Crippen molar-refractivity contribution in [2.24, 2.45) is 12.5 Å². The van der Waals surface area contributed by atoms with Crippen LogP contribution in [0.25, 0.3) is 44.3 Å². The molecule has 162 valence electrons. The third-order valence-electron chi connectivity index (χ3n) is 6.47. The SMILES string of the molecule is COCc1cc(CC(C)(C)C)cc2c1-c1c3c(cccc3cc[n+]1C)-c1ccc(C)cc1-2. The van der Waals surface area contributed by atoms with Crippen molar-refractivity contribution in [2.75, 3.05) is 7.11 Å². The van der Waals surface area contributed by atoms with Gasteiger partial charge in [0.05, 0.1) is 17.6 Å². The largest absolute Gasteiger partial charge is 0.380 e. The summed E-state index contributed by atoms with van der Waals surface area (Å²) in [6, 6.07) is 20.6. The van der Waals surface area contributed by atoms with Crippen molar-refractivity contribution in [2.45, 2.75) is 40.7 Å². The molecule has 0 spiro atoms. The van der Waals surface area contributed by atoms with E-state index in [1.165, 1.54) is 61.0 Å². The molecule has 2 nitrogen and oxygen atoms in total. The fraction of sp³-hybridized carbons (Fsp3) is 0.300. The van der Waals surface area contributed by atoms with Crippen LogP contribution in [-0.4, -0.2) is 7.11 Å². The minimum atomic E-state index is 0.215. The summed E-state index contributed by atoms with van der Waals surface area (Å²) >= 11 is 0. The zero-order valence-corrected chi connectivity index (χ0v) is 20.0. The van der Waals surface area contributed by atoms with Crippen LogP contribution in [0, 0.1) is 12.3 Å². The molecule has 0 saturated carbocycles. The van der Waals surface area contributed by atoms with Crippen molar-refractivity contribution >= 4 is 10.8 Å². The molecule has 0 aliphatic heterocycles. The smallest absolute Gasteiger partial charge is 0.221 e. The van der Waals surface area contributed by atoms with Crippen molar-refractivity contribution in [3.8, 4) is 33.5 Å². The quantitative estimate of drug-likeness (QED) is 0.285. The zero-order chi connectivity index (χ0) is 22.6. The minimum absolute atomic E-state index is 0.215. The van der Waals surface area contributed by atoms with Gasteiger partial charge >= 0.3 is 0 Å². The Morgan fingerprint density at radius 2 is 1.69 bits per heavy atom. The van der Waals surface area contributed by atoms with Gasteiger partial charge in [-0.1, -0.05) is 74.9 Å². The molecule has 5 rings (SSSR count). The van der Waals surface area contributed by atoms with Crippen molar-refractivity contribution in [1.29, 1.82) is 0 Å². The predicted octanol–water partition coefficient (Wildman–Crippen LogP) is 7.02. The number of ether oxygens (including phenoxy) is 1. The number of hydrogen-bond acceptors (Lipinski definition) is 1. The topological polar surface area (TPSA) is 13.1 Å². The lowest BCUT2D eigenvalue weighted by Gasteiger charge is -2.21. The van der Waals surface area contributed by atoms with Crippen molar-refractivity contribution in [3.63, 3.8) is 0 Å². The molecule has 0 N–H and O–H groups in total. The minimum Gasteiger partial charge on any atom is -0.380 e. The first-order chi connectivity index (χ1) is 15.3. The van der Waals surface area contributed by atoms with Crippen LogP contribution in [0.5, 0.6) is 0 Å². The number of aromatic nitrogens is 1. The van der Waals surface area contributed by atoms with Crippen LogP contribution in [0.2, 0.25) is 0 Å². The Balaban J connectivity index is 1.99. The Morgan fingerprint density at radius 3 is 2.44 bits per heavy atom. The van der Waals surface area contributed by atoms with Gasteiger partial charge in [-0.3, -0.25) is 0 Å². The number of hydrogen-bond donors (Lipinski definition) is 0. The second-order valence-corrected chi connectivity index (χ2v) is 10.4. The average Bonchev–Trinajstić information content (AvgIpc) is 2.84. The second kappa shape index (κ2) is 7.56. The number of aryl methyl sites for hydroxylation is 2. The van der Waals surface area contributed by atoms with Crippen molar-refractivity contribution < 1.29 is 9.30 Å². The predicted molar refractivity (Wildman–Crippen MR) is 134 cm³/mol. The Kier molecular flexibility index (Phi) is 4.94. The normalized spacial score (nSPS) is 12.4. The van der Waals surface area contributed by atoms with Crippen LogP contribution in [-0.2, 0) is 24.8 Å². The molecule has 0 unspecified atom stereocenters. The van der Waals surface area contributed by atoms with Gasteiger partial charge in [-0.05, 0) is 57.5 Å². The molecule has 0 radical (unpaired) electrons. The van der Waals surface area contributed by atoms with Crippen LogP contribution in [0.4, 0.5) is 0 Å². The molecule has 2 heteroatoms. The Hall–Kier alpha value is -2.97. The summed E-state index contributed by atoms with van der Waals surface area (Å²) in [5.41, 5.74) is 12.0. The van der Waals surface area contributed by atoms with Crippen molar-refractivity contribution in [1.82, 2.24) is 0 Å². The molecule has 0 amide bonds. The van der Waals surface area contributed by atoms with Gasteiger partial charge in [0.1, 0.15) is 7.05 Å². The van der Waals surface area contributed by atoms with E-state index in [2.05, 4.69) is 100 Å². The Labute approximate surface area is 191 Å². The van der Waals surface area contributed by atoms with Crippen LogP contribution in [0.1, 0.15) is 37.5 Å². The summed E-state index contributed by atoms with van der Waals surface area (Å²) in [4.78, 5) is 0. The van der Waals surface area contributed by atoms with Gasteiger partial charge in [-0.2, -0.15) is 0 Å². The van der Waals surface area contributed by atoms with E-state index in [9.17, 15) is 0 Å². The molecule has 1 heterocycles. The Bertz CT molecular complexity index is 1360. The summed E-state index contributed by atoms with van der Waals surface area (Å²) in [6.45, 7) is 9.71. The zero-order valence-electron chi connectivity index (χ0n) is 20.0. The molecular formula is C30H32NO+. The lowest BCUT2D eigenvalue weighted by molar-refractivity contribution is -0.659. The van der Waals surface area contributed by atoms with Crippen LogP contribution in [0.3, 0.4) is 0 Å². The summed E-state index contributed by atoms with van der Waals surface area (Å²) < 4.78 is 8.03. The molecule has 32 heavy (non-hydrogen) atoms. The lowest BCUT2D eigenvalue weighted by atomic mass is 9.83. The molecule has 0 fully saturated rings. The third kappa shape index (κ3) is 3.43. The maximum atomic E-state index is 5.75. The Morgan fingerprint density at radius 1 is 0.875 bits per heavy atom. The highest BCUT2D eigenvalue weighted by atomic mass is 16.5. The van der Waals surface area contributed by atoms with E-state index in [4.69, 9.17) is 4.74 Å². The van der Waals surface area contributed by atoms with Crippen LogP contribution >= 0.6 is 0 Å². The monoisotopic (exact) mass is 422 g/mol. The van der Waals surface area contributed by atoms with Crippen molar-refractivity contribution in [3.05, 3.63) is 77.5 Å². The number of pyridine rings is 1. The first-order valence-corrected chi connectivity index (χ1v) is 11.4. The van der Waals surface area contributed by atoms with E-state index >= 15 is 0 Å². The molecule has 1 aliphatic carbocycles. The highest BCUT2D eigenvalue weighted by Crippen LogP contribution is 2.48. The van der Waals surface area contributed by atoms with Gasteiger partial charge in [0.2, 0.25) is 5.69 Å². The van der Waals surface area contributed by atoms with E-state index in [1.807, 2.05) is 0 Å². The highest BCUT2D eigenvalue weighted by molar-refractivity contribution is 6.11. The summed E-state index contributed by atoms with van der Waals surface area (Å²) in [6.07, 6.45) is 3.22. The first-order valence-electron chi connectivity index (χ1n) is 11.4. The number of benzene rings is 3. The third-order valence-corrected chi connectivity index (χ3v) is 6.47. The van der Waals surface area contributed by atoms with Gasteiger partial charge in [0.15, 0.2) is 6.20 Å². The van der Waals surface area contributed by atoms with Crippen LogP contribution < -0.4 is 4.57 Å². The number of methoxy groups -OCH3 is 1. The van der Waals surface area contributed by atoms with E-state index in [0.29, 0.717) is 6.61 Å². The van der Waals surface area contributed by atoms with E-state index < -0.39 is 0 Å². The van der Waals surface area contributed by atoms with Gasteiger partial charge in [0, 0.05) is 13.2 Å². The fourth-order valence-corrected chi connectivity index (χ4v) is 5.30. The fourth-order valence-electron chi connectivity index (χ4n) is 5.30. The molecule has 3 aromatic carbocycles. The molecule has 1 aromatic heterocycles. The lowest BCUT2D eigenvalue weighted by Crippen LogP contribution is -2.31. The molecule has 0 saturated heterocycles. The van der Waals surface area contributed by atoms with Gasteiger partial charge in [-0.15, -0.1) is 0 Å². The van der Waals surface area contributed by atoms with E-state index in [1.54, 1.807) is 7.11 Å². The van der Waals surface area contributed by atoms with Gasteiger partial charge in [-0.25, -0.2) is 4.57 Å². The average molecular weight is 423 g/mol. The molecule has 1 aliphatic rings. The van der Waals surface area contributed by atoms with Gasteiger partial charge < -0.3 is 4.74 Å². The van der Waals surface area contributed by atoms with Crippen LogP contribution in [0.15, 0.2) is 60.8 Å². The first kappa shape index (κ1) is 20.9. The summed E-state index contributed by atoms with van der Waals surface area (Å²) in [5, 5.41) is 2.60. The van der Waals surface area contributed by atoms with E-state index in [0.717, 1.165) is 6.42 Å². The number of nitrogens with zero attached hydrogens (tertiary/aromatic N) is 1. The van der Waals surface area contributed by atoms with E-state index in [-0.39, 0.29) is 5.41 Å². The molecule has 0 atom stereocenters.